The third-order valence-electron chi connectivity index (χ3n) is 2.77. The van der Waals surface area contributed by atoms with Crippen molar-refractivity contribution in [1.29, 1.82) is 0 Å². The van der Waals surface area contributed by atoms with Crippen LogP contribution in [0.2, 0.25) is 0 Å². The van der Waals surface area contributed by atoms with Crippen LogP contribution in [-0.4, -0.2) is 37.5 Å². The molecular weight excluding hydrogens is 304 g/mol. The molecule has 0 N–H and O–H groups in total. The average molecular weight is 315 g/mol. The van der Waals surface area contributed by atoms with Crippen LogP contribution in [0.1, 0.15) is 10.4 Å². The molecule has 7 heteroatoms. The van der Waals surface area contributed by atoms with Gasteiger partial charge in [-0.1, -0.05) is 0 Å². The molecule has 1 fully saturated rings. The van der Waals surface area contributed by atoms with Gasteiger partial charge in [-0.2, -0.15) is 0 Å². The number of carbonyl (C=O) groups is 1. The third-order valence-corrected chi connectivity index (χ3v) is 3.41. The van der Waals surface area contributed by atoms with Crippen molar-refractivity contribution in [3.63, 3.8) is 0 Å². The van der Waals surface area contributed by atoms with Crippen molar-refractivity contribution < 1.29 is 14.5 Å². The molecule has 0 aromatic heterocycles. The molecule has 1 heterocycles. The number of hydrogen-bond donors (Lipinski definition) is 0. The Morgan fingerprint density at radius 1 is 1.39 bits per heavy atom. The van der Waals surface area contributed by atoms with Gasteiger partial charge in [0.1, 0.15) is 0 Å². The Balaban J connectivity index is 2.43. The molecule has 0 aliphatic carbocycles. The molecule has 2 rings (SSSR count). The lowest BCUT2D eigenvalue weighted by Crippen LogP contribution is -2.36. The number of aldehydes is 1. The fraction of sp³-hybridized carbons (Fsp3) is 0.364. The third kappa shape index (κ3) is 2.51. The lowest BCUT2D eigenvalue weighted by atomic mass is 10.1. The number of halogens is 1. The number of rotatable bonds is 3. The summed E-state index contributed by atoms with van der Waals surface area (Å²) in [6.45, 7) is 2.54. The number of nitro groups is 1. The first-order valence-electron chi connectivity index (χ1n) is 5.39. The number of carbonyl (C=O) groups excluding carboxylic acids is 1. The number of ether oxygens (including phenoxy) is 1. The van der Waals surface area contributed by atoms with Gasteiger partial charge < -0.3 is 9.64 Å². The first kappa shape index (κ1) is 13.0. The van der Waals surface area contributed by atoms with Crippen LogP contribution in [0.5, 0.6) is 0 Å². The minimum absolute atomic E-state index is 0.0730. The van der Waals surface area contributed by atoms with Crippen LogP contribution in [0.3, 0.4) is 0 Å². The van der Waals surface area contributed by atoms with Gasteiger partial charge in [0.25, 0.3) is 5.69 Å². The van der Waals surface area contributed by atoms with Crippen LogP contribution in [0.25, 0.3) is 0 Å². The van der Waals surface area contributed by atoms with Gasteiger partial charge in [0.2, 0.25) is 0 Å². The lowest BCUT2D eigenvalue weighted by Gasteiger charge is -2.29. The smallest absolute Gasteiger partial charge is 0.282 e. The quantitative estimate of drug-likeness (QED) is 0.485. The predicted molar refractivity (Wildman–Crippen MR) is 69.2 cm³/mol. The van der Waals surface area contributed by atoms with Gasteiger partial charge in [0.05, 0.1) is 29.4 Å². The van der Waals surface area contributed by atoms with Crippen molar-refractivity contribution in [1.82, 2.24) is 0 Å². The second kappa shape index (κ2) is 5.45. The maximum Gasteiger partial charge on any atom is 0.282 e. The summed E-state index contributed by atoms with van der Waals surface area (Å²) in [6, 6.07) is 2.91. The monoisotopic (exact) mass is 314 g/mol. The van der Waals surface area contributed by atoms with E-state index in [9.17, 15) is 14.9 Å². The fourth-order valence-electron chi connectivity index (χ4n) is 1.87. The van der Waals surface area contributed by atoms with Gasteiger partial charge in [0, 0.05) is 23.6 Å². The van der Waals surface area contributed by atoms with Crippen LogP contribution >= 0.6 is 15.9 Å². The molecule has 18 heavy (non-hydrogen) atoms. The molecule has 1 aromatic rings. The number of anilines is 1. The second-order valence-electron chi connectivity index (χ2n) is 3.84. The summed E-state index contributed by atoms with van der Waals surface area (Å²) in [5.74, 6) is 0. The molecule has 6 nitrogen and oxygen atoms in total. The number of hydrogen-bond acceptors (Lipinski definition) is 5. The van der Waals surface area contributed by atoms with E-state index in [1.54, 1.807) is 0 Å². The molecule has 0 amide bonds. The van der Waals surface area contributed by atoms with Crippen LogP contribution in [0.4, 0.5) is 11.4 Å². The molecule has 0 radical (unpaired) electrons. The van der Waals surface area contributed by atoms with E-state index < -0.39 is 4.92 Å². The topological polar surface area (TPSA) is 72.7 Å². The Kier molecular flexibility index (Phi) is 3.93. The van der Waals surface area contributed by atoms with E-state index >= 15 is 0 Å². The van der Waals surface area contributed by atoms with Crippen molar-refractivity contribution in [3.8, 4) is 0 Å². The van der Waals surface area contributed by atoms with Crippen molar-refractivity contribution in [2.45, 2.75) is 0 Å². The standard InChI is InChI=1S/C11H11BrN2O4/c12-9-5-8(7-15)10(14(16)17)6-11(9)13-1-3-18-4-2-13/h5-7H,1-4H2. The highest BCUT2D eigenvalue weighted by Crippen LogP contribution is 2.33. The summed E-state index contributed by atoms with van der Waals surface area (Å²) in [5, 5.41) is 10.9. The van der Waals surface area contributed by atoms with Crippen molar-refractivity contribution in [2.24, 2.45) is 0 Å². The largest absolute Gasteiger partial charge is 0.378 e. The second-order valence-corrected chi connectivity index (χ2v) is 4.69. The number of morpholine rings is 1. The van der Waals surface area contributed by atoms with Crippen molar-refractivity contribution in [3.05, 3.63) is 32.3 Å². The molecule has 96 valence electrons. The molecular formula is C11H11BrN2O4. The van der Waals surface area contributed by atoms with E-state index in [1.165, 1.54) is 12.1 Å². The summed E-state index contributed by atoms with van der Waals surface area (Å²) in [6.07, 6.45) is 0.492. The normalized spacial score (nSPS) is 15.5. The zero-order valence-corrected chi connectivity index (χ0v) is 11.1. The summed E-state index contributed by atoms with van der Waals surface area (Å²) in [5.41, 5.74) is 0.620. The van der Waals surface area contributed by atoms with E-state index in [-0.39, 0.29) is 11.3 Å². The van der Waals surface area contributed by atoms with Gasteiger partial charge in [0.15, 0.2) is 6.29 Å². The van der Waals surface area contributed by atoms with Crippen LogP contribution < -0.4 is 4.90 Å². The Morgan fingerprint density at radius 3 is 2.61 bits per heavy atom. The molecule has 1 saturated heterocycles. The van der Waals surface area contributed by atoms with Gasteiger partial charge in [-0.25, -0.2) is 0 Å². The molecule has 1 aromatic carbocycles. The van der Waals surface area contributed by atoms with Crippen molar-refractivity contribution >= 4 is 33.6 Å². The van der Waals surface area contributed by atoms with Crippen LogP contribution in [0.15, 0.2) is 16.6 Å². The molecule has 0 bridgehead atoms. The Labute approximate surface area is 112 Å². The summed E-state index contributed by atoms with van der Waals surface area (Å²) >= 11 is 3.34. The molecule has 0 saturated carbocycles. The van der Waals surface area contributed by atoms with Gasteiger partial charge in [-0.3, -0.25) is 14.9 Å². The SMILES string of the molecule is O=Cc1cc(Br)c(N2CCOCC2)cc1[N+](=O)[O-]. The molecule has 0 spiro atoms. The van der Waals surface area contributed by atoms with Crippen molar-refractivity contribution in [2.75, 3.05) is 31.2 Å². The zero-order valence-electron chi connectivity index (χ0n) is 9.47. The molecule has 0 atom stereocenters. The zero-order chi connectivity index (χ0) is 13.1. The van der Waals surface area contributed by atoms with Gasteiger partial charge in [-0.15, -0.1) is 0 Å². The van der Waals surface area contributed by atoms with E-state index in [0.29, 0.717) is 37.1 Å². The summed E-state index contributed by atoms with van der Waals surface area (Å²) in [4.78, 5) is 23.2. The minimum atomic E-state index is -0.542. The van der Waals surface area contributed by atoms with Gasteiger partial charge >= 0.3 is 0 Å². The lowest BCUT2D eigenvalue weighted by molar-refractivity contribution is -0.385. The van der Waals surface area contributed by atoms with E-state index in [0.717, 1.165) is 5.69 Å². The first-order valence-corrected chi connectivity index (χ1v) is 6.18. The highest BCUT2D eigenvalue weighted by molar-refractivity contribution is 9.10. The molecule has 0 unspecified atom stereocenters. The Morgan fingerprint density at radius 2 is 2.06 bits per heavy atom. The molecule has 1 aliphatic rings. The van der Waals surface area contributed by atoms with Crippen LogP contribution in [0, 0.1) is 10.1 Å². The summed E-state index contributed by atoms with van der Waals surface area (Å²) < 4.78 is 5.91. The van der Waals surface area contributed by atoms with E-state index in [2.05, 4.69) is 15.9 Å². The Hall–Kier alpha value is -1.47. The maximum absolute atomic E-state index is 10.9. The predicted octanol–water partition coefficient (Wildman–Crippen LogP) is 2.01. The Bertz CT molecular complexity index is 486. The number of benzene rings is 1. The minimum Gasteiger partial charge on any atom is -0.378 e. The fourth-order valence-corrected chi connectivity index (χ4v) is 2.48. The highest BCUT2D eigenvalue weighted by Gasteiger charge is 2.21. The van der Waals surface area contributed by atoms with E-state index in [1.807, 2.05) is 4.90 Å². The first-order chi connectivity index (χ1) is 8.63. The van der Waals surface area contributed by atoms with Crippen LogP contribution in [-0.2, 0) is 4.74 Å². The van der Waals surface area contributed by atoms with E-state index in [4.69, 9.17) is 4.74 Å². The highest BCUT2D eigenvalue weighted by atomic mass is 79.9. The number of nitro benzene ring substituents is 1. The summed E-state index contributed by atoms with van der Waals surface area (Å²) in [7, 11) is 0. The number of nitrogens with zero attached hydrogens (tertiary/aromatic N) is 2. The average Bonchev–Trinajstić information content (AvgIpc) is 2.39. The van der Waals surface area contributed by atoms with Gasteiger partial charge in [-0.05, 0) is 22.0 Å². The molecule has 1 aliphatic heterocycles. The maximum atomic E-state index is 10.9.